The second-order valence-electron chi connectivity index (χ2n) is 8.43. The molecule has 1 N–H and O–H groups in total. The Bertz CT molecular complexity index is 772. The van der Waals surface area contributed by atoms with E-state index in [1.54, 1.807) is 0 Å². The number of benzene rings is 1. The highest BCUT2D eigenvalue weighted by molar-refractivity contribution is 7.92. The van der Waals surface area contributed by atoms with Crippen molar-refractivity contribution >= 4 is 21.6 Å². The molecule has 0 aliphatic carbocycles. The molecular weight excluding hydrogens is 386 g/mol. The number of sulfonamides is 1. The fourth-order valence-corrected chi connectivity index (χ4v) is 4.61. The van der Waals surface area contributed by atoms with Gasteiger partial charge in [-0.3, -0.25) is 9.10 Å². The van der Waals surface area contributed by atoms with E-state index in [1.165, 1.54) is 23.4 Å². The zero-order valence-corrected chi connectivity index (χ0v) is 19.2. The summed E-state index contributed by atoms with van der Waals surface area (Å²) in [6.07, 6.45) is 5.53. The van der Waals surface area contributed by atoms with Crippen molar-refractivity contribution in [1.29, 1.82) is 0 Å². The number of rotatable bonds is 10. The highest BCUT2D eigenvalue weighted by Crippen LogP contribution is 2.21. The van der Waals surface area contributed by atoms with Gasteiger partial charge in [0.05, 0.1) is 11.9 Å². The SMILES string of the molecule is Cc1ccc(N(CCCC(=O)NCCCN2CCC(C)CC2)S(C)(=O)=O)cc1C. The lowest BCUT2D eigenvalue weighted by Crippen LogP contribution is -2.35. The van der Waals surface area contributed by atoms with Crippen LogP contribution >= 0.6 is 0 Å². The van der Waals surface area contributed by atoms with Gasteiger partial charge in [0.15, 0.2) is 0 Å². The van der Waals surface area contributed by atoms with Crippen molar-refractivity contribution in [3.63, 3.8) is 0 Å². The Morgan fingerprint density at radius 1 is 1.17 bits per heavy atom. The lowest BCUT2D eigenvalue weighted by atomic mass is 9.99. The van der Waals surface area contributed by atoms with Crippen molar-refractivity contribution in [2.75, 3.05) is 43.3 Å². The van der Waals surface area contributed by atoms with Gasteiger partial charge in [-0.25, -0.2) is 8.42 Å². The normalized spacial score (nSPS) is 16.0. The molecule has 0 spiro atoms. The third-order valence-corrected chi connectivity index (χ3v) is 6.99. The molecule has 1 aromatic carbocycles. The molecule has 1 saturated heterocycles. The van der Waals surface area contributed by atoms with Crippen LogP contribution in [0.1, 0.15) is 50.2 Å². The highest BCUT2D eigenvalue weighted by Gasteiger charge is 2.18. The van der Waals surface area contributed by atoms with Crippen molar-refractivity contribution in [3.8, 4) is 0 Å². The molecular formula is C22H37N3O3S. The molecule has 0 bridgehead atoms. The minimum atomic E-state index is -3.39. The van der Waals surface area contributed by atoms with E-state index in [0.717, 1.165) is 43.1 Å². The van der Waals surface area contributed by atoms with E-state index in [-0.39, 0.29) is 5.91 Å². The molecule has 6 nitrogen and oxygen atoms in total. The van der Waals surface area contributed by atoms with Crippen molar-refractivity contribution < 1.29 is 13.2 Å². The predicted octanol–water partition coefficient (Wildman–Crippen LogP) is 3.09. The quantitative estimate of drug-likeness (QED) is 0.587. The van der Waals surface area contributed by atoms with Crippen molar-refractivity contribution in [2.24, 2.45) is 5.92 Å². The number of amides is 1. The first-order valence-corrected chi connectivity index (χ1v) is 12.6. The number of piperidine rings is 1. The van der Waals surface area contributed by atoms with Crippen molar-refractivity contribution in [1.82, 2.24) is 10.2 Å². The smallest absolute Gasteiger partial charge is 0.232 e. The van der Waals surface area contributed by atoms with Crippen LogP contribution in [0.2, 0.25) is 0 Å². The minimum Gasteiger partial charge on any atom is -0.356 e. The van der Waals surface area contributed by atoms with E-state index < -0.39 is 10.0 Å². The first-order valence-electron chi connectivity index (χ1n) is 10.7. The van der Waals surface area contributed by atoms with Gasteiger partial charge in [-0.05, 0) is 88.3 Å². The van der Waals surface area contributed by atoms with Crippen LogP contribution in [0.4, 0.5) is 5.69 Å². The Kier molecular flexibility index (Phi) is 8.96. The molecule has 1 heterocycles. The summed E-state index contributed by atoms with van der Waals surface area (Å²) >= 11 is 0. The Labute approximate surface area is 176 Å². The van der Waals surface area contributed by atoms with Crippen LogP contribution < -0.4 is 9.62 Å². The second kappa shape index (κ2) is 11.0. The van der Waals surface area contributed by atoms with E-state index in [1.807, 2.05) is 32.0 Å². The minimum absolute atomic E-state index is 0.00851. The lowest BCUT2D eigenvalue weighted by molar-refractivity contribution is -0.121. The standard InChI is InChI=1S/C22H37N3O3S/c1-18-10-15-24(16-11-18)13-6-12-23-22(26)7-5-14-25(29(4,27)28)21-9-8-19(2)20(3)17-21/h8-9,17-18H,5-7,10-16H2,1-4H3,(H,23,26). The van der Waals surface area contributed by atoms with Gasteiger partial charge in [0.1, 0.15) is 0 Å². The zero-order chi connectivity index (χ0) is 21.4. The molecule has 0 aromatic heterocycles. The molecule has 164 valence electrons. The van der Waals surface area contributed by atoms with E-state index in [0.29, 0.717) is 31.6 Å². The van der Waals surface area contributed by atoms with Crippen molar-refractivity contribution in [2.45, 2.75) is 52.9 Å². The summed E-state index contributed by atoms with van der Waals surface area (Å²) in [7, 11) is -3.39. The Morgan fingerprint density at radius 2 is 1.86 bits per heavy atom. The van der Waals surface area contributed by atoms with Gasteiger partial charge >= 0.3 is 0 Å². The van der Waals surface area contributed by atoms with Crippen LogP contribution in [0.15, 0.2) is 18.2 Å². The summed E-state index contributed by atoms with van der Waals surface area (Å²) in [6.45, 7) is 10.6. The van der Waals surface area contributed by atoms with Crippen LogP contribution in [-0.4, -0.2) is 58.2 Å². The van der Waals surface area contributed by atoms with Crippen LogP contribution in [0.3, 0.4) is 0 Å². The number of nitrogens with one attached hydrogen (secondary N) is 1. The van der Waals surface area contributed by atoms with Gasteiger partial charge in [-0.15, -0.1) is 0 Å². The average Bonchev–Trinajstić information content (AvgIpc) is 2.65. The topological polar surface area (TPSA) is 69.7 Å². The number of likely N-dealkylation sites (tertiary alicyclic amines) is 1. The number of anilines is 1. The Balaban J connectivity index is 1.71. The third kappa shape index (κ3) is 7.97. The van der Waals surface area contributed by atoms with Gasteiger partial charge in [-0.2, -0.15) is 0 Å². The Morgan fingerprint density at radius 3 is 2.48 bits per heavy atom. The molecule has 7 heteroatoms. The molecule has 1 aromatic rings. The van der Waals surface area contributed by atoms with Crippen LogP contribution in [0.5, 0.6) is 0 Å². The maximum atomic E-state index is 12.2. The average molecular weight is 424 g/mol. The number of hydrogen-bond donors (Lipinski definition) is 1. The highest BCUT2D eigenvalue weighted by atomic mass is 32.2. The predicted molar refractivity (Wildman–Crippen MR) is 120 cm³/mol. The molecule has 0 atom stereocenters. The number of hydrogen-bond acceptors (Lipinski definition) is 4. The summed E-state index contributed by atoms with van der Waals surface area (Å²) in [5.41, 5.74) is 2.84. The maximum Gasteiger partial charge on any atom is 0.232 e. The largest absolute Gasteiger partial charge is 0.356 e. The lowest BCUT2D eigenvalue weighted by Gasteiger charge is -2.30. The molecule has 1 amide bonds. The summed E-state index contributed by atoms with van der Waals surface area (Å²) in [5, 5.41) is 2.97. The zero-order valence-electron chi connectivity index (χ0n) is 18.4. The maximum absolute atomic E-state index is 12.2. The number of aryl methyl sites for hydroxylation is 2. The van der Waals surface area contributed by atoms with E-state index in [9.17, 15) is 13.2 Å². The number of nitrogens with zero attached hydrogens (tertiary/aromatic N) is 2. The summed E-state index contributed by atoms with van der Waals surface area (Å²) < 4.78 is 25.8. The van der Waals surface area contributed by atoms with Gasteiger partial charge in [0.25, 0.3) is 0 Å². The molecule has 1 aliphatic rings. The number of carbonyl (C=O) groups is 1. The molecule has 29 heavy (non-hydrogen) atoms. The first-order chi connectivity index (χ1) is 13.7. The fraction of sp³-hybridized carbons (Fsp3) is 0.682. The molecule has 0 unspecified atom stereocenters. The summed E-state index contributed by atoms with van der Waals surface area (Å²) in [6, 6.07) is 5.64. The van der Waals surface area contributed by atoms with Crippen LogP contribution in [0, 0.1) is 19.8 Å². The van der Waals surface area contributed by atoms with E-state index in [2.05, 4.69) is 17.1 Å². The molecule has 0 radical (unpaired) electrons. The van der Waals surface area contributed by atoms with Gasteiger partial charge in [0, 0.05) is 19.5 Å². The first kappa shape index (κ1) is 23.7. The second-order valence-corrected chi connectivity index (χ2v) is 10.3. The van der Waals surface area contributed by atoms with Gasteiger partial charge in [0.2, 0.25) is 15.9 Å². The van der Waals surface area contributed by atoms with Crippen LogP contribution in [-0.2, 0) is 14.8 Å². The Hall–Kier alpha value is -1.60. The third-order valence-electron chi connectivity index (χ3n) is 5.79. The fourth-order valence-electron chi connectivity index (χ4n) is 3.65. The van der Waals surface area contributed by atoms with Gasteiger partial charge in [-0.1, -0.05) is 13.0 Å². The molecule has 1 fully saturated rings. The molecule has 2 rings (SSSR count). The monoisotopic (exact) mass is 423 g/mol. The molecule has 1 aliphatic heterocycles. The summed E-state index contributed by atoms with van der Waals surface area (Å²) in [5.74, 6) is 0.826. The van der Waals surface area contributed by atoms with Gasteiger partial charge < -0.3 is 10.2 Å². The van der Waals surface area contributed by atoms with E-state index in [4.69, 9.17) is 0 Å². The van der Waals surface area contributed by atoms with Crippen molar-refractivity contribution in [3.05, 3.63) is 29.3 Å². The molecule has 0 saturated carbocycles. The summed E-state index contributed by atoms with van der Waals surface area (Å²) in [4.78, 5) is 14.6. The van der Waals surface area contributed by atoms with E-state index >= 15 is 0 Å². The number of carbonyl (C=O) groups excluding carboxylic acids is 1. The van der Waals surface area contributed by atoms with Crippen LogP contribution in [0.25, 0.3) is 0 Å².